The molecule has 1 atom stereocenters. The van der Waals surface area contributed by atoms with E-state index in [0.29, 0.717) is 0 Å². The lowest BCUT2D eigenvalue weighted by molar-refractivity contribution is 0.308. The monoisotopic (exact) mass is 418 g/mol. The van der Waals surface area contributed by atoms with Gasteiger partial charge in [0.15, 0.2) is 0 Å². The fourth-order valence-corrected chi connectivity index (χ4v) is 3.54. The lowest BCUT2D eigenvalue weighted by atomic mass is 10.1. The molecule has 22 heavy (non-hydrogen) atoms. The van der Waals surface area contributed by atoms with Crippen molar-refractivity contribution < 1.29 is 5.21 Å². The summed E-state index contributed by atoms with van der Waals surface area (Å²) in [5.41, 5.74) is 0. The van der Waals surface area contributed by atoms with Crippen molar-refractivity contribution in [1.82, 2.24) is 4.90 Å². The highest BCUT2D eigenvalue weighted by molar-refractivity contribution is 14.1. The standard InChI is InChI=1S/C18H31IN2O/c1-2-3-4-5-6-7-8-9-10-11-14-21-15-12-13-17(19)18(21)16-20-22/h12-13,15-16,18,22H,2-11,14H2,1H3. The molecule has 1 N–H and O–H groups in total. The predicted molar refractivity (Wildman–Crippen MR) is 104 cm³/mol. The molecule has 1 rings (SSSR count). The molecule has 1 heterocycles. The molecule has 0 amide bonds. The van der Waals surface area contributed by atoms with Crippen molar-refractivity contribution in [3.63, 3.8) is 0 Å². The maximum Gasteiger partial charge on any atom is 0.0981 e. The topological polar surface area (TPSA) is 35.8 Å². The minimum Gasteiger partial charge on any atom is -0.411 e. The molecule has 0 spiro atoms. The summed E-state index contributed by atoms with van der Waals surface area (Å²) in [6, 6.07) is 0.106. The maximum absolute atomic E-state index is 8.79. The van der Waals surface area contributed by atoms with Gasteiger partial charge in [0.25, 0.3) is 0 Å². The summed E-state index contributed by atoms with van der Waals surface area (Å²) in [7, 11) is 0. The zero-order valence-corrected chi connectivity index (χ0v) is 16.0. The second-order valence-corrected chi connectivity index (χ2v) is 7.27. The van der Waals surface area contributed by atoms with E-state index in [9.17, 15) is 0 Å². The van der Waals surface area contributed by atoms with Crippen molar-refractivity contribution in [2.75, 3.05) is 6.54 Å². The van der Waals surface area contributed by atoms with E-state index in [2.05, 4.69) is 57.9 Å². The summed E-state index contributed by atoms with van der Waals surface area (Å²) < 4.78 is 1.20. The van der Waals surface area contributed by atoms with E-state index in [1.165, 1.54) is 67.8 Å². The van der Waals surface area contributed by atoms with Crippen molar-refractivity contribution in [2.45, 2.75) is 77.2 Å². The Kier molecular flexibility index (Phi) is 11.5. The van der Waals surface area contributed by atoms with Gasteiger partial charge in [0.05, 0.1) is 12.3 Å². The summed E-state index contributed by atoms with van der Waals surface area (Å²) in [6.07, 6.45) is 21.4. The fraction of sp³-hybridized carbons (Fsp3) is 0.722. The summed E-state index contributed by atoms with van der Waals surface area (Å²) in [4.78, 5) is 2.26. The summed E-state index contributed by atoms with van der Waals surface area (Å²) in [5.74, 6) is 0. The first-order valence-electron chi connectivity index (χ1n) is 8.76. The molecule has 0 aliphatic carbocycles. The van der Waals surface area contributed by atoms with Crippen molar-refractivity contribution in [3.8, 4) is 0 Å². The van der Waals surface area contributed by atoms with Gasteiger partial charge in [0, 0.05) is 16.3 Å². The Morgan fingerprint density at radius 1 is 1.09 bits per heavy atom. The Hall–Kier alpha value is -0.520. The first-order valence-corrected chi connectivity index (χ1v) is 9.84. The third-order valence-corrected chi connectivity index (χ3v) is 5.15. The van der Waals surface area contributed by atoms with Crippen molar-refractivity contribution in [2.24, 2.45) is 5.16 Å². The molecule has 4 heteroatoms. The minimum absolute atomic E-state index is 0.106. The van der Waals surface area contributed by atoms with Gasteiger partial charge in [-0.05, 0) is 41.2 Å². The first-order chi connectivity index (χ1) is 10.8. The first kappa shape index (κ1) is 19.5. The van der Waals surface area contributed by atoms with Crippen LogP contribution in [0.5, 0.6) is 0 Å². The van der Waals surface area contributed by atoms with Gasteiger partial charge in [0.1, 0.15) is 0 Å². The third-order valence-electron chi connectivity index (χ3n) is 4.15. The Morgan fingerprint density at radius 2 is 1.68 bits per heavy atom. The van der Waals surface area contributed by atoms with Crippen LogP contribution in [0.2, 0.25) is 0 Å². The van der Waals surface area contributed by atoms with E-state index in [1.54, 1.807) is 6.21 Å². The number of oxime groups is 1. The molecule has 1 unspecified atom stereocenters. The highest BCUT2D eigenvalue weighted by atomic mass is 127. The fourth-order valence-electron chi connectivity index (χ4n) is 2.81. The summed E-state index contributed by atoms with van der Waals surface area (Å²) in [5, 5.41) is 12.0. The molecule has 0 aromatic rings. The molecule has 0 fully saturated rings. The second kappa shape index (κ2) is 13.0. The van der Waals surface area contributed by atoms with Crippen molar-refractivity contribution in [1.29, 1.82) is 0 Å². The van der Waals surface area contributed by atoms with E-state index in [1.807, 2.05) is 0 Å². The lowest BCUT2D eigenvalue weighted by Gasteiger charge is -2.29. The van der Waals surface area contributed by atoms with Crippen LogP contribution >= 0.6 is 22.6 Å². The molecule has 3 nitrogen and oxygen atoms in total. The van der Waals surface area contributed by atoms with Gasteiger partial charge in [-0.2, -0.15) is 0 Å². The molecule has 0 radical (unpaired) electrons. The highest BCUT2D eigenvalue weighted by Gasteiger charge is 2.18. The normalized spacial score (nSPS) is 18.2. The Balaban J connectivity index is 2.04. The number of nitrogens with zero attached hydrogens (tertiary/aromatic N) is 2. The zero-order valence-electron chi connectivity index (χ0n) is 13.9. The average molecular weight is 418 g/mol. The van der Waals surface area contributed by atoms with Crippen LogP contribution in [0.4, 0.5) is 0 Å². The van der Waals surface area contributed by atoms with E-state index >= 15 is 0 Å². The van der Waals surface area contributed by atoms with Crippen LogP contribution in [-0.2, 0) is 0 Å². The van der Waals surface area contributed by atoms with E-state index < -0.39 is 0 Å². The molecule has 0 saturated carbocycles. The zero-order chi connectivity index (χ0) is 16.0. The summed E-state index contributed by atoms with van der Waals surface area (Å²) >= 11 is 2.32. The summed E-state index contributed by atoms with van der Waals surface area (Å²) in [6.45, 7) is 3.30. The van der Waals surface area contributed by atoms with Gasteiger partial charge >= 0.3 is 0 Å². The molecular weight excluding hydrogens is 387 g/mol. The smallest absolute Gasteiger partial charge is 0.0981 e. The average Bonchev–Trinajstić information content (AvgIpc) is 2.52. The van der Waals surface area contributed by atoms with Gasteiger partial charge in [-0.1, -0.05) is 69.9 Å². The Morgan fingerprint density at radius 3 is 2.27 bits per heavy atom. The van der Waals surface area contributed by atoms with Gasteiger partial charge < -0.3 is 10.1 Å². The van der Waals surface area contributed by atoms with E-state index in [4.69, 9.17) is 5.21 Å². The number of halogens is 1. The van der Waals surface area contributed by atoms with Gasteiger partial charge in [0.2, 0.25) is 0 Å². The molecule has 0 aromatic carbocycles. The van der Waals surface area contributed by atoms with Crippen molar-refractivity contribution in [3.05, 3.63) is 21.9 Å². The Labute approximate surface area is 149 Å². The number of hydrogen-bond acceptors (Lipinski definition) is 3. The number of rotatable bonds is 12. The van der Waals surface area contributed by atoms with Crippen LogP contribution in [0.3, 0.4) is 0 Å². The molecule has 0 aromatic heterocycles. The van der Waals surface area contributed by atoms with Crippen LogP contribution in [-0.4, -0.2) is 28.9 Å². The largest absolute Gasteiger partial charge is 0.411 e. The second-order valence-electron chi connectivity index (χ2n) is 6.02. The number of allylic oxidation sites excluding steroid dienone is 2. The SMILES string of the molecule is CCCCCCCCCCCCN1C=CC=C(I)C1C=NO. The Bertz CT molecular complexity index is 366. The lowest BCUT2D eigenvalue weighted by Crippen LogP contribution is -2.34. The van der Waals surface area contributed by atoms with Crippen LogP contribution in [0.15, 0.2) is 27.1 Å². The van der Waals surface area contributed by atoms with Crippen LogP contribution in [0.1, 0.15) is 71.1 Å². The van der Waals surface area contributed by atoms with E-state index in [-0.39, 0.29) is 6.04 Å². The van der Waals surface area contributed by atoms with Gasteiger partial charge in [-0.15, -0.1) is 0 Å². The van der Waals surface area contributed by atoms with E-state index in [0.717, 1.165) is 6.54 Å². The van der Waals surface area contributed by atoms with Crippen LogP contribution < -0.4 is 0 Å². The predicted octanol–water partition coefficient (Wildman–Crippen LogP) is 5.88. The number of hydrogen-bond donors (Lipinski definition) is 1. The number of unbranched alkanes of at least 4 members (excludes halogenated alkanes) is 9. The molecule has 0 bridgehead atoms. The minimum atomic E-state index is 0.106. The maximum atomic E-state index is 8.79. The van der Waals surface area contributed by atoms with Crippen LogP contribution in [0, 0.1) is 0 Å². The van der Waals surface area contributed by atoms with Gasteiger partial charge in [-0.25, -0.2) is 0 Å². The van der Waals surface area contributed by atoms with Crippen LogP contribution in [0.25, 0.3) is 0 Å². The molecule has 1 aliphatic rings. The molecule has 0 saturated heterocycles. The quantitative estimate of drug-likeness (QED) is 0.141. The molecule has 1 aliphatic heterocycles. The van der Waals surface area contributed by atoms with Gasteiger partial charge in [-0.3, -0.25) is 0 Å². The molecule has 126 valence electrons. The van der Waals surface area contributed by atoms with Crippen molar-refractivity contribution >= 4 is 28.8 Å². The molecular formula is C18H31IN2O. The third kappa shape index (κ3) is 8.20. The highest BCUT2D eigenvalue weighted by Crippen LogP contribution is 2.21.